The van der Waals surface area contributed by atoms with Crippen molar-refractivity contribution in [3.05, 3.63) is 23.8 Å². The van der Waals surface area contributed by atoms with Crippen LogP contribution in [0.25, 0.3) is 0 Å². The molecule has 0 bridgehead atoms. The number of aliphatic imine (C=N–C) groups is 1. The number of rotatable bonds is 10. The number of hydrogen-bond donors (Lipinski definition) is 3. The zero-order valence-corrected chi connectivity index (χ0v) is 19.8. The number of carbonyl (C=O) groups is 2. The van der Waals surface area contributed by atoms with Gasteiger partial charge in [-0.15, -0.1) is 0 Å². The Bertz CT molecular complexity index is 790. The van der Waals surface area contributed by atoms with E-state index in [1.807, 2.05) is 13.8 Å². The summed E-state index contributed by atoms with van der Waals surface area (Å²) in [6.45, 7) is 3.99. The van der Waals surface area contributed by atoms with E-state index >= 15 is 0 Å². The Morgan fingerprint density at radius 2 is 1.84 bits per heavy atom. The van der Waals surface area contributed by atoms with Crippen LogP contribution in [-0.4, -0.2) is 44.1 Å². The highest BCUT2D eigenvalue weighted by Gasteiger charge is 2.25. The maximum absolute atomic E-state index is 12.8. The van der Waals surface area contributed by atoms with Crippen molar-refractivity contribution in [2.75, 3.05) is 14.2 Å². The molecule has 1 aliphatic carbocycles. The van der Waals surface area contributed by atoms with E-state index in [-0.39, 0.29) is 30.2 Å². The summed E-state index contributed by atoms with van der Waals surface area (Å²) in [5.41, 5.74) is 6.78. The molecule has 2 atom stereocenters. The van der Waals surface area contributed by atoms with Gasteiger partial charge < -0.3 is 20.5 Å². The minimum absolute atomic E-state index is 0.0319. The van der Waals surface area contributed by atoms with Crippen LogP contribution in [-0.2, 0) is 16.0 Å². The molecular formula is C24H38N4O4. The van der Waals surface area contributed by atoms with Crippen LogP contribution in [0.15, 0.2) is 23.2 Å². The van der Waals surface area contributed by atoms with Gasteiger partial charge in [-0.2, -0.15) is 0 Å². The highest BCUT2D eigenvalue weighted by molar-refractivity contribution is 5.98. The molecule has 2 rings (SSSR count). The SMILES string of the molecule is CC[C@@H](C)NC(=O)[C@@H](CC1CCCCC1)N=C(N)NC(=O)Cc1ccc(OC)c(OC)c1. The van der Waals surface area contributed by atoms with Crippen molar-refractivity contribution in [2.24, 2.45) is 16.6 Å². The molecule has 0 heterocycles. The molecule has 32 heavy (non-hydrogen) atoms. The molecule has 178 valence electrons. The molecule has 0 aromatic heterocycles. The number of nitrogens with zero attached hydrogens (tertiary/aromatic N) is 1. The summed E-state index contributed by atoms with van der Waals surface area (Å²) in [6.07, 6.45) is 7.41. The number of carbonyl (C=O) groups excluding carboxylic acids is 2. The largest absolute Gasteiger partial charge is 0.493 e. The van der Waals surface area contributed by atoms with Crippen molar-refractivity contribution in [1.29, 1.82) is 0 Å². The molecule has 8 heteroatoms. The van der Waals surface area contributed by atoms with Gasteiger partial charge in [0.2, 0.25) is 11.8 Å². The first kappa shape index (κ1) is 25.5. The predicted octanol–water partition coefficient (Wildman–Crippen LogP) is 2.93. The van der Waals surface area contributed by atoms with E-state index in [4.69, 9.17) is 15.2 Å². The van der Waals surface area contributed by atoms with Gasteiger partial charge in [-0.3, -0.25) is 14.9 Å². The van der Waals surface area contributed by atoms with Crippen LogP contribution in [0.1, 0.15) is 64.4 Å². The normalized spacial score (nSPS) is 16.7. The maximum Gasteiger partial charge on any atom is 0.245 e. The zero-order chi connectivity index (χ0) is 23.5. The molecule has 1 fully saturated rings. The van der Waals surface area contributed by atoms with E-state index in [0.717, 1.165) is 24.8 Å². The summed E-state index contributed by atoms with van der Waals surface area (Å²) in [5, 5.41) is 5.62. The van der Waals surface area contributed by atoms with Gasteiger partial charge in [0.15, 0.2) is 17.5 Å². The summed E-state index contributed by atoms with van der Waals surface area (Å²) < 4.78 is 10.5. The fourth-order valence-corrected chi connectivity index (χ4v) is 3.96. The summed E-state index contributed by atoms with van der Waals surface area (Å²) in [7, 11) is 3.10. The van der Waals surface area contributed by atoms with Gasteiger partial charge >= 0.3 is 0 Å². The van der Waals surface area contributed by atoms with Gasteiger partial charge in [-0.1, -0.05) is 45.1 Å². The third-order valence-corrected chi connectivity index (χ3v) is 5.96. The van der Waals surface area contributed by atoms with Gasteiger partial charge in [0, 0.05) is 6.04 Å². The Balaban J connectivity index is 2.04. The van der Waals surface area contributed by atoms with Gasteiger partial charge in [-0.25, -0.2) is 4.99 Å². The summed E-state index contributed by atoms with van der Waals surface area (Å²) in [4.78, 5) is 29.7. The third-order valence-electron chi connectivity index (χ3n) is 5.96. The van der Waals surface area contributed by atoms with Gasteiger partial charge in [0.1, 0.15) is 6.04 Å². The molecule has 1 saturated carbocycles. The number of nitrogens with two attached hydrogens (primary N) is 1. The number of ether oxygens (including phenoxy) is 2. The molecule has 8 nitrogen and oxygen atoms in total. The van der Waals surface area contributed by atoms with Gasteiger partial charge in [0.25, 0.3) is 0 Å². The molecular weight excluding hydrogens is 408 g/mol. The van der Waals surface area contributed by atoms with Crippen molar-refractivity contribution in [2.45, 2.75) is 77.3 Å². The van der Waals surface area contributed by atoms with Crippen LogP contribution >= 0.6 is 0 Å². The lowest BCUT2D eigenvalue weighted by atomic mass is 9.84. The van der Waals surface area contributed by atoms with E-state index in [2.05, 4.69) is 15.6 Å². The van der Waals surface area contributed by atoms with Crippen LogP contribution < -0.4 is 25.8 Å². The average Bonchev–Trinajstić information content (AvgIpc) is 2.78. The Hall–Kier alpha value is -2.77. The molecule has 2 amide bonds. The lowest BCUT2D eigenvalue weighted by Crippen LogP contribution is -2.44. The number of benzene rings is 1. The van der Waals surface area contributed by atoms with Gasteiger partial charge in [0.05, 0.1) is 20.6 Å². The first-order valence-electron chi connectivity index (χ1n) is 11.5. The van der Waals surface area contributed by atoms with Crippen LogP contribution in [0.5, 0.6) is 11.5 Å². The third kappa shape index (κ3) is 8.05. The molecule has 1 aliphatic rings. The lowest BCUT2D eigenvalue weighted by Gasteiger charge is -2.25. The Labute approximate surface area is 191 Å². The van der Waals surface area contributed by atoms with E-state index in [0.29, 0.717) is 23.8 Å². The molecule has 1 aromatic carbocycles. The average molecular weight is 447 g/mol. The number of guanidine groups is 1. The highest BCUT2D eigenvalue weighted by Crippen LogP contribution is 2.29. The summed E-state index contributed by atoms with van der Waals surface area (Å²) >= 11 is 0. The Kier molecular flexibility index (Phi) is 10.3. The second-order valence-electron chi connectivity index (χ2n) is 8.50. The van der Waals surface area contributed by atoms with Crippen LogP contribution in [0.4, 0.5) is 0 Å². The molecule has 0 radical (unpaired) electrons. The minimum Gasteiger partial charge on any atom is -0.493 e. The van der Waals surface area contributed by atoms with Crippen molar-refractivity contribution in [3.63, 3.8) is 0 Å². The van der Waals surface area contributed by atoms with Crippen molar-refractivity contribution in [1.82, 2.24) is 10.6 Å². The fourth-order valence-electron chi connectivity index (χ4n) is 3.96. The quantitative estimate of drug-likeness (QED) is 0.378. The fraction of sp³-hybridized carbons (Fsp3) is 0.625. The van der Waals surface area contributed by atoms with Crippen LogP contribution in [0.2, 0.25) is 0 Å². The molecule has 4 N–H and O–H groups in total. The van der Waals surface area contributed by atoms with E-state index in [1.54, 1.807) is 32.4 Å². The van der Waals surface area contributed by atoms with Crippen molar-refractivity contribution in [3.8, 4) is 11.5 Å². The number of hydrogen-bond acceptors (Lipinski definition) is 5. The Morgan fingerprint density at radius 3 is 2.47 bits per heavy atom. The highest BCUT2D eigenvalue weighted by atomic mass is 16.5. The lowest BCUT2D eigenvalue weighted by molar-refractivity contribution is -0.123. The van der Waals surface area contributed by atoms with Gasteiger partial charge in [-0.05, 0) is 43.4 Å². The first-order valence-corrected chi connectivity index (χ1v) is 11.5. The summed E-state index contributed by atoms with van der Waals surface area (Å²) in [6, 6.07) is 4.75. The molecule has 1 aromatic rings. The standard InChI is InChI=1S/C24H38N4O4/c1-5-16(2)26-23(30)19(13-17-9-7-6-8-10-17)27-24(25)28-22(29)15-18-11-12-20(31-3)21(14-18)32-4/h11-12,14,16-17,19H,5-10,13,15H2,1-4H3,(H,26,30)(H3,25,27,28,29)/t16-,19-/m1/s1. The number of amides is 2. The maximum atomic E-state index is 12.8. The number of methoxy groups -OCH3 is 2. The minimum atomic E-state index is -0.603. The van der Waals surface area contributed by atoms with Crippen LogP contribution in [0.3, 0.4) is 0 Å². The smallest absolute Gasteiger partial charge is 0.245 e. The molecule has 0 spiro atoms. The zero-order valence-electron chi connectivity index (χ0n) is 19.8. The first-order chi connectivity index (χ1) is 15.4. The molecule has 0 saturated heterocycles. The molecule has 0 aliphatic heterocycles. The Morgan fingerprint density at radius 1 is 1.16 bits per heavy atom. The summed E-state index contributed by atoms with van der Waals surface area (Å²) in [5.74, 6) is 1.12. The monoisotopic (exact) mass is 446 g/mol. The van der Waals surface area contributed by atoms with Crippen molar-refractivity contribution < 1.29 is 19.1 Å². The van der Waals surface area contributed by atoms with Crippen LogP contribution in [0, 0.1) is 5.92 Å². The molecule has 0 unspecified atom stereocenters. The second-order valence-corrected chi connectivity index (χ2v) is 8.50. The van der Waals surface area contributed by atoms with Crippen molar-refractivity contribution >= 4 is 17.8 Å². The van der Waals surface area contributed by atoms with E-state index < -0.39 is 6.04 Å². The van der Waals surface area contributed by atoms with E-state index in [9.17, 15) is 9.59 Å². The van der Waals surface area contributed by atoms with E-state index in [1.165, 1.54) is 19.3 Å². The second kappa shape index (κ2) is 12.9. The number of nitrogens with one attached hydrogen (secondary N) is 2. The predicted molar refractivity (Wildman–Crippen MR) is 126 cm³/mol. The topological polar surface area (TPSA) is 115 Å².